The molecule has 0 aromatic heterocycles. The fraction of sp³-hybridized carbons (Fsp3) is 1.00. The second-order valence-electron chi connectivity index (χ2n) is 5.32. The summed E-state index contributed by atoms with van der Waals surface area (Å²) in [5.41, 5.74) is 0.506. The average molecular weight is 203 g/mol. The van der Waals surface area contributed by atoms with Crippen molar-refractivity contribution in [2.75, 3.05) is 19.8 Å². The minimum absolute atomic E-state index is 0.193. The molecule has 2 fully saturated rings. The number of hydrogen-bond donors (Lipinski definition) is 0. The maximum absolute atomic E-state index is 5.72. The fourth-order valence-electron chi connectivity index (χ4n) is 1.29. The lowest BCUT2D eigenvalue weighted by molar-refractivity contribution is 0.0516. The van der Waals surface area contributed by atoms with Crippen LogP contribution in [0.25, 0.3) is 0 Å². The lowest BCUT2D eigenvalue weighted by Crippen LogP contribution is -2.29. The smallest absolute Gasteiger partial charge is 0.259 e. The van der Waals surface area contributed by atoms with Crippen molar-refractivity contribution in [2.45, 2.75) is 33.2 Å². The predicted octanol–water partition coefficient (Wildman–Crippen LogP) is 2.38. The summed E-state index contributed by atoms with van der Waals surface area (Å²) in [4.78, 5) is 0. The molecule has 3 nitrogen and oxygen atoms in total. The van der Waals surface area contributed by atoms with Crippen LogP contribution < -0.4 is 0 Å². The Morgan fingerprint density at radius 3 is 1.92 bits per heavy atom. The van der Waals surface area contributed by atoms with Crippen LogP contribution in [-0.4, -0.2) is 30.0 Å². The van der Waals surface area contributed by atoms with Gasteiger partial charge in [0.2, 0.25) is 0 Å². The van der Waals surface area contributed by atoms with Crippen molar-refractivity contribution in [3.05, 3.63) is 0 Å². The summed E-state index contributed by atoms with van der Waals surface area (Å²) in [7, 11) is -0.733. The lowest BCUT2D eigenvalue weighted by atomic mass is 9.97. The fourth-order valence-corrected chi connectivity index (χ4v) is 3.46. The van der Waals surface area contributed by atoms with Gasteiger partial charge in [0.05, 0.1) is 13.2 Å². The van der Waals surface area contributed by atoms with E-state index in [0.29, 0.717) is 5.54 Å². The van der Waals surface area contributed by atoms with Gasteiger partial charge in [-0.1, -0.05) is 13.8 Å². The minimum Gasteiger partial charge on any atom is -0.321 e. The molecule has 2 rings (SSSR count). The Morgan fingerprint density at radius 1 is 1.08 bits per heavy atom. The zero-order chi connectivity index (χ0) is 9.69. The highest BCUT2D eigenvalue weighted by molar-refractivity contribution is 7.45. The highest BCUT2D eigenvalue weighted by Crippen LogP contribution is 2.58. The molecule has 0 bridgehead atoms. The molecular formula is C9H18NO2P. The topological polar surface area (TPSA) is 21.5 Å². The summed E-state index contributed by atoms with van der Waals surface area (Å²) in [5.74, 6) is 0. The number of rotatable bonds is 1. The van der Waals surface area contributed by atoms with Crippen LogP contribution in [0.2, 0.25) is 0 Å². The number of hydrogen-bond acceptors (Lipinski definition) is 3. The Bertz CT molecular complexity index is 208. The summed E-state index contributed by atoms with van der Waals surface area (Å²) in [6.07, 6.45) is 0. The molecular weight excluding hydrogens is 185 g/mol. The Balaban J connectivity index is 1.86. The molecule has 0 amide bonds. The van der Waals surface area contributed by atoms with E-state index in [4.69, 9.17) is 9.05 Å². The second kappa shape index (κ2) is 2.90. The first-order valence-corrected chi connectivity index (χ1v) is 5.87. The van der Waals surface area contributed by atoms with Gasteiger partial charge < -0.3 is 9.05 Å². The molecule has 1 unspecified atom stereocenters. The summed E-state index contributed by atoms with van der Waals surface area (Å²) in [6.45, 7) is 11.6. The molecule has 0 aromatic carbocycles. The lowest BCUT2D eigenvalue weighted by Gasteiger charge is -2.34. The molecule has 0 aromatic rings. The van der Waals surface area contributed by atoms with Crippen molar-refractivity contribution in [2.24, 2.45) is 5.41 Å². The summed E-state index contributed by atoms with van der Waals surface area (Å²) < 4.78 is 13.7. The average Bonchev–Trinajstić information content (AvgIpc) is 2.60. The Hall–Kier alpha value is 0.310. The second-order valence-corrected chi connectivity index (χ2v) is 6.79. The molecule has 4 heteroatoms. The third-order valence-electron chi connectivity index (χ3n) is 2.46. The third-order valence-corrected chi connectivity index (χ3v) is 4.24. The SMILES string of the molecule is CC1(C)COP(N2CC2(C)C)OC1. The van der Waals surface area contributed by atoms with Crippen LogP contribution >= 0.6 is 8.53 Å². The molecule has 0 saturated carbocycles. The summed E-state index contributed by atoms with van der Waals surface area (Å²) >= 11 is 0. The normalized spacial score (nSPS) is 37.4. The van der Waals surface area contributed by atoms with Gasteiger partial charge in [0.15, 0.2) is 0 Å². The minimum atomic E-state index is -0.733. The van der Waals surface area contributed by atoms with Crippen molar-refractivity contribution >= 4 is 8.53 Å². The van der Waals surface area contributed by atoms with Gasteiger partial charge in [0.25, 0.3) is 8.53 Å². The van der Waals surface area contributed by atoms with Crippen molar-refractivity contribution in [1.29, 1.82) is 0 Å². The van der Waals surface area contributed by atoms with Gasteiger partial charge in [-0.25, -0.2) is 4.67 Å². The van der Waals surface area contributed by atoms with E-state index >= 15 is 0 Å². The molecule has 2 saturated heterocycles. The Morgan fingerprint density at radius 2 is 1.54 bits per heavy atom. The van der Waals surface area contributed by atoms with Crippen molar-refractivity contribution in [3.63, 3.8) is 0 Å². The molecule has 0 N–H and O–H groups in total. The van der Waals surface area contributed by atoms with Crippen molar-refractivity contribution in [1.82, 2.24) is 4.67 Å². The van der Waals surface area contributed by atoms with E-state index in [2.05, 4.69) is 32.4 Å². The molecule has 2 aliphatic heterocycles. The van der Waals surface area contributed by atoms with E-state index in [-0.39, 0.29) is 5.41 Å². The van der Waals surface area contributed by atoms with Crippen LogP contribution in [0.1, 0.15) is 27.7 Å². The maximum atomic E-state index is 5.72. The van der Waals surface area contributed by atoms with Gasteiger partial charge in [0, 0.05) is 17.5 Å². The largest absolute Gasteiger partial charge is 0.321 e. The standard InChI is InChI=1S/C9H18NO2P/c1-8(2)6-11-13(12-7-8)10-5-9(10,3)4/h5-7H2,1-4H3. The van der Waals surface area contributed by atoms with Gasteiger partial charge in [-0.05, 0) is 13.8 Å². The van der Waals surface area contributed by atoms with E-state index in [0.717, 1.165) is 19.8 Å². The van der Waals surface area contributed by atoms with Crippen LogP contribution in [0.5, 0.6) is 0 Å². The van der Waals surface area contributed by atoms with E-state index in [1.54, 1.807) is 0 Å². The maximum Gasteiger partial charge on any atom is 0.259 e. The molecule has 0 radical (unpaired) electrons. The zero-order valence-electron chi connectivity index (χ0n) is 8.83. The first-order valence-electron chi connectivity index (χ1n) is 4.74. The van der Waals surface area contributed by atoms with Gasteiger partial charge in [-0.15, -0.1) is 0 Å². The quantitative estimate of drug-likeness (QED) is 0.482. The van der Waals surface area contributed by atoms with Crippen molar-refractivity contribution < 1.29 is 9.05 Å². The zero-order valence-corrected chi connectivity index (χ0v) is 9.73. The van der Waals surface area contributed by atoms with Gasteiger partial charge in [-0.2, -0.15) is 0 Å². The molecule has 13 heavy (non-hydrogen) atoms. The van der Waals surface area contributed by atoms with Crippen LogP contribution in [0.15, 0.2) is 0 Å². The number of nitrogens with zero attached hydrogens (tertiary/aromatic N) is 1. The van der Waals surface area contributed by atoms with E-state index in [9.17, 15) is 0 Å². The monoisotopic (exact) mass is 203 g/mol. The first-order chi connectivity index (χ1) is 5.91. The van der Waals surface area contributed by atoms with Gasteiger partial charge in [-0.3, -0.25) is 0 Å². The highest BCUT2D eigenvalue weighted by Gasteiger charge is 2.51. The summed E-state index contributed by atoms with van der Waals surface area (Å²) in [5, 5.41) is 0. The Kier molecular flexibility index (Phi) is 2.20. The van der Waals surface area contributed by atoms with Gasteiger partial charge in [0.1, 0.15) is 0 Å². The summed E-state index contributed by atoms with van der Waals surface area (Å²) in [6, 6.07) is 0. The van der Waals surface area contributed by atoms with E-state index < -0.39 is 8.53 Å². The predicted molar refractivity (Wildman–Crippen MR) is 53.4 cm³/mol. The van der Waals surface area contributed by atoms with Crippen LogP contribution in [0.4, 0.5) is 0 Å². The first kappa shape index (κ1) is 9.85. The molecule has 0 aliphatic carbocycles. The Labute approximate surface area is 81.4 Å². The molecule has 2 heterocycles. The van der Waals surface area contributed by atoms with Gasteiger partial charge >= 0.3 is 0 Å². The van der Waals surface area contributed by atoms with Crippen LogP contribution in [0, 0.1) is 5.41 Å². The van der Waals surface area contributed by atoms with Crippen LogP contribution in [-0.2, 0) is 9.05 Å². The molecule has 1 atom stereocenters. The molecule has 76 valence electrons. The van der Waals surface area contributed by atoms with E-state index in [1.807, 2.05) is 0 Å². The molecule has 0 spiro atoms. The van der Waals surface area contributed by atoms with E-state index in [1.165, 1.54) is 0 Å². The highest BCUT2D eigenvalue weighted by atomic mass is 31.2. The molecule has 2 aliphatic rings. The third kappa shape index (κ3) is 2.04. The van der Waals surface area contributed by atoms with Crippen molar-refractivity contribution in [3.8, 4) is 0 Å². The van der Waals surface area contributed by atoms with Crippen LogP contribution in [0.3, 0.4) is 0 Å².